The Hall–Kier alpha value is -1.54. The van der Waals surface area contributed by atoms with E-state index in [1.54, 1.807) is 4.68 Å². The van der Waals surface area contributed by atoms with Gasteiger partial charge in [-0.25, -0.2) is 4.68 Å². The van der Waals surface area contributed by atoms with Crippen LogP contribution in [-0.4, -0.2) is 67.5 Å². The summed E-state index contributed by atoms with van der Waals surface area (Å²) in [6.45, 7) is 2.02. The molecule has 0 aliphatic carbocycles. The van der Waals surface area contributed by atoms with Gasteiger partial charge in [0.25, 0.3) is 0 Å². The predicted octanol–water partition coefficient (Wildman–Crippen LogP) is -0.938. The largest absolute Gasteiger partial charge is 0.396 e. The Morgan fingerprint density at radius 3 is 3.19 bits per heavy atom. The maximum absolute atomic E-state index is 12.4. The first kappa shape index (κ1) is 13.1. The van der Waals surface area contributed by atoms with Crippen LogP contribution in [0.2, 0.25) is 0 Å². The summed E-state index contributed by atoms with van der Waals surface area (Å²) >= 11 is 0. The molecule has 0 saturated carbocycles. The van der Waals surface area contributed by atoms with E-state index in [2.05, 4.69) is 15.5 Å². The third kappa shape index (κ3) is 1.96. The van der Waals surface area contributed by atoms with Crippen molar-refractivity contribution in [2.75, 3.05) is 19.7 Å². The van der Waals surface area contributed by atoms with Crippen molar-refractivity contribution < 1.29 is 14.6 Å². The molecule has 8 heteroatoms. The van der Waals surface area contributed by atoms with E-state index in [0.29, 0.717) is 32.0 Å². The highest BCUT2D eigenvalue weighted by Crippen LogP contribution is 2.54. The Labute approximate surface area is 122 Å². The summed E-state index contributed by atoms with van der Waals surface area (Å²) in [6.07, 6.45) is 4.11. The number of hydrogen-bond acceptors (Lipinski definition) is 6. The van der Waals surface area contributed by atoms with Gasteiger partial charge in [-0.3, -0.25) is 4.79 Å². The van der Waals surface area contributed by atoms with Crippen molar-refractivity contribution in [1.82, 2.24) is 25.1 Å². The summed E-state index contributed by atoms with van der Waals surface area (Å²) in [4.78, 5) is 14.3. The minimum atomic E-state index is -0.192. The molecule has 1 N–H and O–H groups in total. The molecule has 114 valence electrons. The van der Waals surface area contributed by atoms with Crippen molar-refractivity contribution in [3.05, 3.63) is 6.33 Å². The van der Waals surface area contributed by atoms with Gasteiger partial charge >= 0.3 is 0 Å². The average molecular weight is 293 g/mol. The number of rotatable bonds is 4. The number of amides is 1. The minimum Gasteiger partial charge on any atom is -0.396 e. The maximum Gasteiger partial charge on any atom is 0.224 e. The number of aryl methyl sites for hydroxylation is 1. The summed E-state index contributed by atoms with van der Waals surface area (Å²) in [5.74, 6) is 0.590. The summed E-state index contributed by atoms with van der Waals surface area (Å²) in [6, 6.07) is 0. The summed E-state index contributed by atoms with van der Waals surface area (Å²) in [7, 11) is 0. The number of tetrazole rings is 1. The monoisotopic (exact) mass is 293 g/mol. The molecule has 1 aromatic heterocycles. The third-order valence-electron chi connectivity index (χ3n) is 5.29. The second-order valence-electron chi connectivity index (χ2n) is 6.31. The zero-order valence-corrected chi connectivity index (χ0v) is 11.8. The first-order valence-corrected chi connectivity index (χ1v) is 7.49. The SMILES string of the molecule is O=C(CCn1cnnn1)N1C[C@H]2[C@@H](CO)[C@@H]3CC[C@@]2(C1)O3. The molecule has 0 unspecified atom stereocenters. The van der Waals surface area contributed by atoms with Crippen molar-refractivity contribution in [2.45, 2.75) is 37.5 Å². The quantitative estimate of drug-likeness (QED) is 0.770. The van der Waals surface area contributed by atoms with E-state index in [1.807, 2.05) is 4.90 Å². The van der Waals surface area contributed by atoms with Crippen molar-refractivity contribution in [3.8, 4) is 0 Å². The highest BCUT2D eigenvalue weighted by Gasteiger charge is 2.63. The van der Waals surface area contributed by atoms with E-state index in [-0.39, 0.29) is 30.1 Å². The van der Waals surface area contributed by atoms with Gasteiger partial charge in [0.05, 0.1) is 24.8 Å². The second kappa shape index (κ2) is 4.74. The van der Waals surface area contributed by atoms with E-state index >= 15 is 0 Å². The Kier molecular flexibility index (Phi) is 2.97. The minimum absolute atomic E-state index is 0.109. The summed E-state index contributed by atoms with van der Waals surface area (Å²) in [5.41, 5.74) is -0.192. The number of aliphatic hydroxyl groups is 1. The molecule has 4 rings (SSSR count). The number of aliphatic hydroxyl groups excluding tert-OH is 1. The number of carbonyl (C=O) groups is 1. The molecule has 3 aliphatic rings. The fourth-order valence-electron chi connectivity index (χ4n) is 4.28. The number of nitrogens with zero attached hydrogens (tertiary/aromatic N) is 5. The Morgan fingerprint density at radius 2 is 2.43 bits per heavy atom. The lowest BCUT2D eigenvalue weighted by Crippen LogP contribution is -2.38. The van der Waals surface area contributed by atoms with Gasteiger partial charge in [-0.1, -0.05) is 0 Å². The molecule has 0 aromatic carbocycles. The van der Waals surface area contributed by atoms with Crippen molar-refractivity contribution in [1.29, 1.82) is 0 Å². The smallest absolute Gasteiger partial charge is 0.224 e. The molecule has 4 heterocycles. The lowest BCUT2D eigenvalue weighted by atomic mass is 9.74. The maximum atomic E-state index is 12.4. The van der Waals surface area contributed by atoms with Crippen LogP contribution in [0.15, 0.2) is 6.33 Å². The molecule has 21 heavy (non-hydrogen) atoms. The van der Waals surface area contributed by atoms with Gasteiger partial charge in [-0.15, -0.1) is 5.10 Å². The lowest BCUT2D eigenvalue weighted by molar-refractivity contribution is -0.132. The highest BCUT2D eigenvalue weighted by atomic mass is 16.5. The van der Waals surface area contributed by atoms with Gasteiger partial charge in [0.2, 0.25) is 5.91 Å². The van der Waals surface area contributed by atoms with Crippen LogP contribution >= 0.6 is 0 Å². The van der Waals surface area contributed by atoms with Crippen molar-refractivity contribution in [2.24, 2.45) is 11.8 Å². The Bertz CT molecular complexity index is 536. The normalized spacial score (nSPS) is 37.2. The first-order chi connectivity index (χ1) is 10.2. The molecule has 3 fully saturated rings. The van der Waals surface area contributed by atoms with Gasteiger partial charge in [0, 0.05) is 31.4 Å². The Morgan fingerprint density at radius 1 is 1.52 bits per heavy atom. The fraction of sp³-hybridized carbons (Fsp3) is 0.846. The molecule has 3 saturated heterocycles. The van der Waals surface area contributed by atoms with Crippen molar-refractivity contribution >= 4 is 5.91 Å². The van der Waals surface area contributed by atoms with E-state index in [0.717, 1.165) is 12.8 Å². The zero-order chi connectivity index (χ0) is 14.4. The van der Waals surface area contributed by atoms with Crippen molar-refractivity contribution in [3.63, 3.8) is 0 Å². The third-order valence-corrected chi connectivity index (χ3v) is 5.29. The molecule has 4 atom stereocenters. The molecule has 8 nitrogen and oxygen atoms in total. The lowest BCUT2D eigenvalue weighted by Gasteiger charge is -2.27. The fourth-order valence-corrected chi connectivity index (χ4v) is 4.28. The van der Waals surface area contributed by atoms with E-state index in [9.17, 15) is 9.90 Å². The van der Waals surface area contributed by atoms with Crippen LogP contribution in [0, 0.1) is 11.8 Å². The molecule has 2 bridgehead atoms. The number of fused-ring (bicyclic) bond motifs is 1. The first-order valence-electron chi connectivity index (χ1n) is 7.49. The molecule has 1 spiro atoms. The molecular weight excluding hydrogens is 274 g/mol. The summed E-state index contributed by atoms with van der Waals surface area (Å²) < 4.78 is 7.69. The average Bonchev–Trinajstić information content (AvgIpc) is 3.23. The van der Waals surface area contributed by atoms with E-state index in [1.165, 1.54) is 6.33 Å². The molecule has 3 aliphatic heterocycles. The van der Waals surface area contributed by atoms with Gasteiger partial charge in [-0.05, 0) is 23.3 Å². The molecule has 1 aromatic rings. The van der Waals surface area contributed by atoms with Crippen LogP contribution in [0.5, 0.6) is 0 Å². The Balaban J connectivity index is 1.41. The van der Waals surface area contributed by atoms with Crippen LogP contribution < -0.4 is 0 Å². The topological polar surface area (TPSA) is 93.4 Å². The standard InChI is InChI=1S/C13H19N5O3/c19-6-9-10-5-17(7-13(10)3-1-11(9)21-13)12(20)2-4-18-8-14-15-16-18/h8-11,19H,1-7H2/t9-,10+,11+,13+/m1/s1. The van der Waals surface area contributed by atoms with Gasteiger partial charge in [0.1, 0.15) is 6.33 Å². The van der Waals surface area contributed by atoms with Crippen LogP contribution in [-0.2, 0) is 16.1 Å². The number of ether oxygens (including phenoxy) is 1. The van der Waals surface area contributed by atoms with Gasteiger partial charge in [0.15, 0.2) is 0 Å². The number of likely N-dealkylation sites (tertiary alicyclic amines) is 1. The van der Waals surface area contributed by atoms with E-state index < -0.39 is 0 Å². The van der Waals surface area contributed by atoms with Gasteiger partial charge < -0.3 is 14.7 Å². The zero-order valence-electron chi connectivity index (χ0n) is 11.8. The predicted molar refractivity (Wildman–Crippen MR) is 69.9 cm³/mol. The van der Waals surface area contributed by atoms with E-state index in [4.69, 9.17) is 4.74 Å². The van der Waals surface area contributed by atoms with Crippen LogP contribution in [0.25, 0.3) is 0 Å². The second-order valence-corrected chi connectivity index (χ2v) is 6.31. The molecular formula is C13H19N5O3. The summed E-state index contributed by atoms with van der Waals surface area (Å²) in [5, 5.41) is 20.4. The number of carbonyl (C=O) groups excluding carboxylic acids is 1. The molecule has 1 amide bonds. The number of aromatic nitrogens is 4. The van der Waals surface area contributed by atoms with Crippen LogP contribution in [0.3, 0.4) is 0 Å². The van der Waals surface area contributed by atoms with Crippen LogP contribution in [0.4, 0.5) is 0 Å². The highest BCUT2D eigenvalue weighted by molar-refractivity contribution is 5.76. The van der Waals surface area contributed by atoms with Crippen LogP contribution in [0.1, 0.15) is 19.3 Å². The molecule has 0 radical (unpaired) electrons. The number of hydrogen-bond donors (Lipinski definition) is 1. The van der Waals surface area contributed by atoms with Gasteiger partial charge in [-0.2, -0.15) is 0 Å².